The summed E-state index contributed by atoms with van der Waals surface area (Å²) in [6.45, 7) is 10.6. The Morgan fingerprint density at radius 2 is 1.91 bits per heavy atom. The lowest BCUT2D eigenvalue weighted by atomic mass is 9.98. The van der Waals surface area contributed by atoms with Crippen LogP contribution in [0.1, 0.15) is 56.1 Å². The molecule has 3 heteroatoms. The van der Waals surface area contributed by atoms with Gasteiger partial charge >= 0.3 is 0 Å². The highest BCUT2D eigenvalue weighted by atomic mass is 14.9. The number of fused-ring (bicyclic) bond motifs is 1. The van der Waals surface area contributed by atoms with Crippen LogP contribution < -0.4 is 5.32 Å². The summed E-state index contributed by atoms with van der Waals surface area (Å²) in [4.78, 5) is 8.84. The van der Waals surface area contributed by atoms with Crippen LogP contribution in [0, 0.1) is 0 Å². The molecule has 1 aromatic heterocycles. The fraction of sp³-hybridized carbons (Fsp3) is 0.241. The quantitative estimate of drug-likeness (QED) is 0.352. The zero-order chi connectivity index (χ0) is 22.8. The molecule has 2 aromatic carbocycles. The zero-order valence-corrected chi connectivity index (χ0v) is 19.4. The number of hydrogen-bond acceptors (Lipinski definition) is 3. The van der Waals surface area contributed by atoms with E-state index in [-0.39, 0.29) is 0 Å². The summed E-state index contributed by atoms with van der Waals surface area (Å²) in [5, 5.41) is 5.87. The maximum Gasteiger partial charge on any atom is 0.115 e. The lowest BCUT2D eigenvalue weighted by molar-refractivity contribution is 0.859. The van der Waals surface area contributed by atoms with Crippen molar-refractivity contribution >= 4 is 16.5 Å². The first kappa shape index (κ1) is 23.2. The average Bonchev–Trinajstić information content (AvgIpc) is 2.80. The number of hydrogen-bond donors (Lipinski definition) is 1. The molecule has 0 atom stereocenters. The van der Waals surface area contributed by atoms with E-state index in [0.29, 0.717) is 0 Å². The van der Waals surface area contributed by atoms with Gasteiger partial charge in [-0.1, -0.05) is 81.5 Å². The number of nitrogens with zero attached hydrogens (tertiary/aromatic N) is 2. The summed E-state index contributed by atoms with van der Waals surface area (Å²) >= 11 is 0. The third-order valence-corrected chi connectivity index (χ3v) is 5.24. The second-order valence-electron chi connectivity index (χ2n) is 7.85. The van der Waals surface area contributed by atoms with E-state index in [2.05, 4.69) is 96.4 Å². The molecule has 3 nitrogen and oxygen atoms in total. The first-order valence-electron chi connectivity index (χ1n) is 11.4. The standard InChI is InChI=1S/C29H33N3/c1-5-8-13-25(14-9-6-2)32-22(4)28-15-10-12-24-18-23(16-17-29(24)28)19-27-20-26(11-7-3)30-21-31-27/h5,8-10,12-18,20-21,32H,4,6-7,11,19H2,1-3H3/b8-5-,14-9-,25-13+. The predicted molar refractivity (Wildman–Crippen MR) is 137 cm³/mol. The van der Waals surface area contributed by atoms with Crippen LogP contribution in [0.2, 0.25) is 0 Å². The fourth-order valence-electron chi connectivity index (χ4n) is 3.67. The van der Waals surface area contributed by atoms with Crippen LogP contribution in [-0.4, -0.2) is 9.97 Å². The molecule has 0 saturated heterocycles. The lowest BCUT2D eigenvalue weighted by Gasteiger charge is -2.14. The van der Waals surface area contributed by atoms with E-state index in [1.165, 1.54) is 16.3 Å². The molecule has 0 fully saturated rings. The Morgan fingerprint density at radius 3 is 2.69 bits per heavy atom. The van der Waals surface area contributed by atoms with Gasteiger partial charge in [0, 0.05) is 34.8 Å². The van der Waals surface area contributed by atoms with Crippen molar-refractivity contribution in [1.82, 2.24) is 15.3 Å². The predicted octanol–water partition coefficient (Wildman–Crippen LogP) is 7.16. The first-order chi connectivity index (χ1) is 15.6. The molecule has 0 aliphatic carbocycles. The van der Waals surface area contributed by atoms with Crippen molar-refractivity contribution in [1.29, 1.82) is 0 Å². The van der Waals surface area contributed by atoms with Crippen LogP contribution in [0.15, 0.2) is 91.4 Å². The van der Waals surface area contributed by atoms with Gasteiger partial charge in [-0.05, 0) is 54.3 Å². The van der Waals surface area contributed by atoms with Gasteiger partial charge < -0.3 is 5.32 Å². The summed E-state index contributed by atoms with van der Waals surface area (Å²) in [5.41, 5.74) is 6.44. The number of benzene rings is 2. The monoisotopic (exact) mass is 423 g/mol. The van der Waals surface area contributed by atoms with Crippen LogP contribution in [0.25, 0.3) is 16.5 Å². The molecular weight excluding hydrogens is 390 g/mol. The fourth-order valence-corrected chi connectivity index (χ4v) is 3.67. The number of rotatable bonds is 10. The minimum atomic E-state index is 0.802. The maximum absolute atomic E-state index is 4.47. The second-order valence-corrected chi connectivity index (χ2v) is 7.85. The van der Waals surface area contributed by atoms with Gasteiger partial charge in [0.25, 0.3) is 0 Å². The molecule has 0 aliphatic heterocycles. The van der Waals surface area contributed by atoms with Gasteiger partial charge in [0.05, 0.1) is 0 Å². The average molecular weight is 424 g/mol. The van der Waals surface area contributed by atoms with Crippen molar-refractivity contribution in [3.05, 3.63) is 114 Å². The first-order valence-corrected chi connectivity index (χ1v) is 11.4. The Labute approximate surface area is 192 Å². The van der Waals surface area contributed by atoms with Gasteiger partial charge in [-0.25, -0.2) is 9.97 Å². The minimum Gasteiger partial charge on any atom is -0.356 e. The van der Waals surface area contributed by atoms with Gasteiger partial charge in [-0.2, -0.15) is 0 Å². The molecule has 32 heavy (non-hydrogen) atoms. The maximum atomic E-state index is 4.47. The molecule has 0 saturated carbocycles. The van der Waals surface area contributed by atoms with E-state index < -0.39 is 0 Å². The molecule has 3 rings (SSSR count). The molecule has 1 N–H and O–H groups in total. The molecule has 0 spiro atoms. The Morgan fingerprint density at radius 1 is 1.06 bits per heavy atom. The van der Waals surface area contributed by atoms with Gasteiger partial charge in [-0.15, -0.1) is 0 Å². The third kappa shape index (κ3) is 6.27. The smallest absolute Gasteiger partial charge is 0.115 e. The molecule has 0 aliphatic rings. The van der Waals surface area contributed by atoms with Gasteiger partial charge in [0.1, 0.15) is 6.33 Å². The Balaban J connectivity index is 1.85. The topological polar surface area (TPSA) is 37.8 Å². The van der Waals surface area contributed by atoms with E-state index in [1.54, 1.807) is 6.33 Å². The molecule has 0 unspecified atom stereocenters. The third-order valence-electron chi connectivity index (χ3n) is 5.24. The molecule has 3 aromatic rings. The molecule has 164 valence electrons. The summed E-state index contributed by atoms with van der Waals surface area (Å²) in [6, 6.07) is 15.1. The summed E-state index contributed by atoms with van der Waals surface area (Å²) in [6.07, 6.45) is 15.9. The number of aryl methyl sites for hydroxylation is 1. The van der Waals surface area contributed by atoms with Crippen molar-refractivity contribution in [3.8, 4) is 0 Å². The second kappa shape index (κ2) is 11.8. The summed E-state index contributed by atoms with van der Waals surface area (Å²) in [7, 11) is 0. The highest BCUT2D eigenvalue weighted by Gasteiger charge is 2.08. The Kier molecular flexibility index (Phi) is 8.56. The van der Waals surface area contributed by atoms with Crippen molar-refractivity contribution < 1.29 is 0 Å². The zero-order valence-electron chi connectivity index (χ0n) is 19.4. The number of nitrogens with one attached hydrogen (secondary N) is 1. The van der Waals surface area contributed by atoms with Crippen LogP contribution in [0.5, 0.6) is 0 Å². The van der Waals surface area contributed by atoms with E-state index >= 15 is 0 Å². The van der Waals surface area contributed by atoms with E-state index in [9.17, 15) is 0 Å². The highest BCUT2D eigenvalue weighted by molar-refractivity contribution is 5.93. The Hall–Kier alpha value is -3.46. The molecular formula is C29H33N3. The van der Waals surface area contributed by atoms with Gasteiger partial charge in [0.2, 0.25) is 0 Å². The molecule has 1 heterocycles. The van der Waals surface area contributed by atoms with Crippen molar-refractivity contribution in [2.45, 2.75) is 46.5 Å². The minimum absolute atomic E-state index is 0.802. The van der Waals surface area contributed by atoms with E-state index in [4.69, 9.17) is 0 Å². The van der Waals surface area contributed by atoms with Crippen molar-refractivity contribution in [2.75, 3.05) is 0 Å². The summed E-state index contributed by atoms with van der Waals surface area (Å²) in [5.74, 6) is 0. The lowest BCUT2D eigenvalue weighted by Crippen LogP contribution is -2.09. The normalized spacial score (nSPS) is 12.2. The number of allylic oxidation sites excluding steroid dienone is 5. The summed E-state index contributed by atoms with van der Waals surface area (Å²) < 4.78 is 0. The van der Waals surface area contributed by atoms with Crippen LogP contribution >= 0.6 is 0 Å². The van der Waals surface area contributed by atoms with Crippen LogP contribution in [0.3, 0.4) is 0 Å². The molecule has 0 radical (unpaired) electrons. The van der Waals surface area contributed by atoms with Crippen LogP contribution in [0.4, 0.5) is 0 Å². The van der Waals surface area contributed by atoms with E-state index in [1.807, 2.05) is 19.1 Å². The van der Waals surface area contributed by atoms with Gasteiger partial charge in [-0.3, -0.25) is 0 Å². The highest BCUT2D eigenvalue weighted by Crippen LogP contribution is 2.25. The molecule has 0 bridgehead atoms. The van der Waals surface area contributed by atoms with Crippen molar-refractivity contribution in [2.24, 2.45) is 0 Å². The molecule has 0 amide bonds. The van der Waals surface area contributed by atoms with Gasteiger partial charge in [0.15, 0.2) is 0 Å². The van der Waals surface area contributed by atoms with E-state index in [0.717, 1.165) is 54.0 Å². The largest absolute Gasteiger partial charge is 0.356 e. The van der Waals surface area contributed by atoms with Crippen LogP contribution in [-0.2, 0) is 12.8 Å². The SMILES string of the molecule is C=C(NC(/C=C\CC)=C/C=C\C)c1cccc2cc(Cc3cc(CCC)ncn3)ccc12. The number of aromatic nitrogens is 2. The Bertz CT molecular complexity index is 1150. The van der Waals surface area contributed by atoms with Crippen molar-refractivity contribution in [3.63, 3.8) is 0 Å².